The zero-order valence-electron chi connectivity index (χ0n) is 9.85. The quantitative estimate of drug-likeness (QED) is 0.721. The summed E-state index contributed by atoms with van der Waals surface area (Å²) in [6.45, 7) is 0. The highest BCUT2D eigenvalue weighted by molar-refractivity contribution is 5.75. The highest BCUT2D eigenvalue weighted by atomic mass is 15.1. The normalized spacial score (nSPS) is 14.5. The van der Waals surface area contributed by atoms with Gasteiger partial charge in [-0.25, -0.2) is 0 Å². The summed E-state index contributed by atoms with van der Waals surface area (Å²) in [5, 5.41) is 0. The molecule has 0 aliphatic heterocycles. The predicted molar refractivity (Wildman–Crippen MR) is 71.6 cm³/mol. The Hall–Kier alpha value is -1.76. The standard InChI is InChI=1S/C15H17N/c1-16(2)15-11-9-14(10-12-15)13-7-5-3-4-6-8-13/h3-5,7-12H,6H2,1-2H3. The van der Waals surface area contributed by atoms with E-state index in [0.29, 0.717) is 0 Å². The molecule has 0 heterocycles. The largest absolute Gasteiger partial charge is 0.378 e. The summed E-state index contributed by atoms with van der Waals surface area (Å²) in [5.74, 6) is 0. The van der Waals surface area contributed by atoms with Crippen molar-refractivity contribution >= 4 is 11.3 Å². The molecule has 0 unspecified atom stereocenters. The first-order chi connectivity index (χ1) is 7.77. The Balaban J connectivity index is 2.25. The van der Waals surface area contributed by atoms with Crippen molar-refractivity contribution in [2.75, 3.05) is 19.0 Å². The van der Waals surface area contributed by atoms with E-state index in [1.165, 1.54) is 16.8 Å². The molecule has 0 fully saturated rings. The lowest BCUT2D eigenvalue weighted by Crippen LogP contribution is -2.08. The third-order valence-electron chi connectivity index (χ3n) is 2.71. The molecular weight excluding hydrogens is 194 g/mol. The summed E-state index contributed by atoms with van der Waals surface area (Å²) in [5.41, 5.74) is 3.82. The van der Waals surface area contributed by atoms with Crippen LogP contribution in [-0.4, -0.2) is 14.1 Å². The van der Waals surface area contributed by atoms with Crippen molar-refractivity contribution in [3.05, 3.63) is 60.2 Å². The maximum Gasteiger partial charge on any atom is 0.0361 e. The van der Waals surface area contributed by atoms with Crippen LogP contribution in [0.3, 0.4) is 0 Å². The van der Waals surface area contributed by atoms with Crippen LogP contribution in [-0.2, 0) is 0 Å². The third-order valence-corrected chi connectivity index (χ3v) is 2.71. The van der Waals surface area contributed by atoms with Crippen molar-refractivity contribution in [2.24, 2.45) is 0 Å². The maximum atomic E-state index is 2.25. The predicted octanol–water partition coefficient (Wildman–Crippen LogP) is 3.65. The Morgan fingerprint density at radius 2 is 1.75 bits per heavy atom. The molecule has 0 N–H and O–H groups in total. The maximum absolute atomic E-state index is 2.25. The molecule has 0 bridgehead atoms. The minimum Gasteiger partial charge on any atom is -0.378 e. The molecule has 1 aliphatic carbocycles. The minimum absolute atomic E-state index is 1.01. The molecule has 0 saturated carbocycles. The van der Waals surface area contributed by atoms with Crippen LogP contribution in [0, 0.1) is 0 Å². The fourth-order valence-electron chi connectivity index (χ4n) is 1.75. The SMILES string of the molecule is CN(C)c1ccc(C2=CCC=CC=C2)cc1. The van der Waals surface area contributed by atoms with Gasteiger partial charge in [-0.2, -0.15) is 0 Å². The Bertz CT molecular complexity index is 433. The summed E-state index contributed by atoms with van der Waals surface area (Å²) in [6, 6.07) is 8.66. The molecular formula is C15H17N. The van der Waals surface area contributed by atoms with Gasteiger partial charge in [0.15, 0.2) is 0 Å². The van der Waals surface area contributed by atoms with E-state index in [1.54, 1.807) is 0 Å². The Morgan fingerprint density at radius 3 is 2.44 bits per heavy atom. The average molecular weight is 211 g/mol. The first-order valence-corrected chi connectivity index (χ1v) is 5.58. The van der Waals surface area contributed by atoms with E-state index in [4.69, 9.17) is 0 Å². The smallest absolute Gasteiger partial charge is 0.0361 e. The van der Waals surface area contributed by atoms with Crippen LogP contribution < -0.4 is 4.90 Å². The number of hydrogen-bond acceptors (Lipinski definition) is 1. The van der Waals surface area contributed by atoms with Crippen molar-refractivity contribution in [3.63, 3.8) is 0 Å². The van der Waals surface area contributed by atoms with Gasteiger partial charge in [0.05, 0.1) is 0 Å². The molecule has 1 nitrogen and oxygen atoms in total. The van der Waals surface area contributed by atoms with Gasteiger partial charge in [0, 0.05) is 19.8 Å². The highest BCUT2D eigenvalue weighted by Crippen LogP contribution is 2.21. The number of hydrogen-bond donors (Lipinski definition) is 0. The molecule has 0 spiro atoms. The molecule has 2 rings (SSSR count). The third kappa shape index (κ3) is 2.43. The number of anilines is 1. The van der Waals surface area contributed by atoms with E-state index >= 15 is 0 Å². The van der Waals surface area contributed by atoms with Crippen LogP contribution in [0.25, 0.3) is 5.57 Å². The second kappa shape index (κ2) is 4.84. The topological polar surface area (TPSA) is 3.24 Å². The van der Waals surface area contributed by atoms with Gasteiger partial charge in [0.25, 0.3) is 0 Å². The summed E-state index contributed by atoms with van der Waals surface area (Å²) in [6.07, 6.45) is 11.8. The van der Waals surface area contributed by atoms with Crippen molar-refractivity contribution in [3.8, 4) is 0 Å². The van der Waals surface area contributed by atoms with Crippen LogP contribution in [0.5, 0.6) is 0 Å². The van der Waals surface area contributed by atoms with E-state index < -0.39 is 0 Å². The van der Waals surface area contributed by atoms with Gasteiger partial charge in [-0.15, -0.1) is 0 Å². The van der Waals surface area contributed by atoms with E-state index in [0.717, 1.165) is 6.42 Å². The van der Waals surface area contributed by atoms with E-state index in [9.17, 15) is 0 Å². The highest BCUT2D eigenvalue weighted by Gasteiger charge is 2.00. The Morgan fingerprint density at radius 1 is 1.00 bits per heavy atom. The van der Waals surface area contributed by atoms with Crippen LogP contribution in [0.2, 0.25) is 0 Å². The van der Waals surface area contributed by atoms with Crippen LogP contribution >= 0.6 is 0 Å². The fourth-order valence-corrected chi connectivity index (χ4v) is 1.75. The number of nitrogens with zero attached hydrogens (tertiary/aromatic N) is 1. The van der Waals surface area contributed by atoms with E-state index in [-0.39, 0.29) is 0 Å². The number of benzene rings is 1. The van der Waals surface area contributed by atoms with Gasteiger partial charge in [-0.3, -0.25) is 0 Å². The van der Waals surface area contributed by atoms with Crippen LogP contribution in [0.15, 0.2) is 54.6 Å². The zero-order chi connectivity index (χ0) is 11.4. The Kier molecular flexibility index (Phi) is 3.25. The molecule has 82 valence electrons. The number of rotatable bonds is 2. The molecule has 0 atom stereocenters. The minimum atomic E-state index is 1.01. The van der Waals surface area contributed by atoms with Crippen molar-refractivity contribution in [2.45, 2.75) is 6.42 Å². The van der Waals surface area contributed by atoms with Crippen molar-refractivity contribution in [1.82, 2.24) is 0 Å². The fraction of sp³-hybridized carbons (Fsp3) is 0.200. The molecule has 1 aromatic carbocycles. The lowest BCUT2D eigenvalue weighted by Gasteiger charge is -2.12. The van der Waals surface area contributed by atoms with E-state index in [1.807, 2.05) is 0 Å². The second-order valence-corrected chi connectivity index (χ2v) is 4.12. The van der Waals surface area contributed by atoms with Gasteiger partial charge in [0.1, 0.15) is 0 Å². The monoisotopic (exact) mass is 211 g/mol. The first-order valence-electron chi connectivity index (χ1n) is 5.58. The molecule has 1 heteroatoms. The number of allylic oxidation sites excluding steroid dienone is 6. The summed E-state index contributed by atoms with van der Waals surface area (Å²) in [4.78, 5) is 2.11. The summed E-state index contributed by atoms with van der Waals surface area (Å²) in [7, 11) is 4.12. The van der Waals surface area contributed by atoms with Crippen molar-refractivity contribution < 1.29 is 0 Å². The van der Waals surface area contributed by atoms with Gasteiger partial charge >= 0.3 is 0 Å². The summed E-state index contributed by atoms with van der Waals surface area (Å²) >= 11 is 0. The molecule has 0 amide bonds. The molecule has 16 heavy (non-hydrogen) atoms. The second-order valence-electron chi connectivity index (χ2n) is 4.12. The lowest BCUT2D eigenvalue weighted by atomic mass is 10.0. The summed E-state index contributed by atoms with van der Waals surface area (Å²) < 4.78 is 0. The van der Waals surface area contributed by atoms with Crippen molar-refractivity contribution in [1.29, 1.82) is 0 Å². The first kappa shape index (κ1) is 10.7. The molecule has 1 aliphatic rings. The van der Waals surface area contributed by atoms with Gasteiger partial charge in [0.2, 0.25) is 0 Å². The van der Waals surface area contributed by atoms with E-state index in [2.05, 4.69) is 73.6 Å². The van der Waals surface area contributed by atoms with Gasteiger partial charge in [-0.05, 0) is 29.7 Å². The molecule has 1 aromatic rings. The van der Waals surface area contributed by atoms with Gasteiger partial charge < -0.3 is 4.90 Å². The molecule has 0 saturated heterocycles. The van der Waals surface area contributed by atoms with Crippen LogP contribution in [0.4, 0.5) is 5.69 Å². The lowest BCUT2D eigenvalue weighted by molar-refractivity contribution is 1.13. The Labute approximate surface area is 97.4 Å². The molecule has 0 radical (unpaired) electrons. The molecule has 0 aromatic heterocycles. The van der Waals surface area contributed by atoms with Gasteiger partial charge in [-0.1, -0.05) is 42.5 Å². The average Bonchev–Trinajstić information content (AvgIpc) is 2.57. The van der Waals surface area contributed by atoms with Crippen LogP contribution in [0.1, 0.15) is 12.0 Å². The zero-order valence-corrected chi connectivity index (χ0v) is 9.85.